The lowest BCUT2D eigenvalue weighted by Crippen LogP contribution is -2.38. The molecular weight excluding hydrogens is 216 g/mol. The molecule has 1 fully saturated rings. The SMILES string of the molecule is c1ncc2ccn(CCN3CCOCC3)c2n1. The van der Waals surface area contributed by atoms with Crippen LogP contribution in [-0.4, -0.2) is 52.3 Å². The maximum atomic E-state index is 5.34. The van der Waals surface area contributed by atoms with Crippen LogP contribution in [0.4, 0.5) is 0 Å². The van der Waals surface area contributed by atoms with Crippen LogP contribution in [0.5, 0.6) is 0 Å². The summed E-state index contributed by atoms with van der Waals surface area (Å²) in [6.07, 6.45) is 5.54. The smallest absolute Gasteiger partial charge is 0.143 e. The van der Waals surface area contributed by atoms with E-state index in [0.717, 1.165) is 50.4 Å². The lowest BCUT2D eigenvalue weighted by Gasteiger charge is -2.26. The van der Waals surface area contributed by atoms with Crippen molar-refractivity contribution in [2.24, 2.45) is 0 Å². The van der Waals surface area contributed by atoms with E-state index in [4.69, 9.17) is 4.74 Å². The molecule has 0 N–H and O–H groups in total. The lowest BCUT2D eigenvalue weighted by molar-refractivity contribution is 0.0365. The summed E-state index contributed by atoms with van der Waals surface area (Å²) in [6, 6.07) is 2.06. The van der Waals surface area contributed by atoms with Gasteiger partial charge in [-0.3, -0.25) is 4.90 Å². The van der Waals surface area contributed by atoms with Crippen LogP contribution in [-0.2, 0) is 11.3 Å². The van der Waals surface area contributed by atoms with E-state index in [1.54, 1.807) is 6.33 Å². The first-order chi connectivity index (χ1) is 8.43. The molecule has 2 aromatic heterocycles. The normalized spacial score (nSPS) is 17.6. The molecule has 5 heteroatoms. The van der Waals surface area contributed by atoms with E-state index in [1.165, 1.54) is 0 Å². The van der Waals surface area contributed by atoms with Gasteiger partial charge in [-0.1, -0.05) is 0 Å². The van der Waals surface area contributed by atoms with Gasteiger partial charge in [-0.2, -0.15) is 0 Å². The van der Waals surface area contributed by atoms with E-state index in [-0.39, 0.29) is 0 Å². The molecule has 17 heavy (non-hydrogen) atoms. The Bertz CT molecular complexity index is 490. The second-order valence-electron chi connectivity index (χ2n) is 4.26. The van der Waals surface area contributed by atoms with Gasteiger partial charge >= 0.3 is 0 Å². The minimum Gasteiger partial charge on any atom is -0.379 e. The third-order valence-corrected chi connectivity index (χ3v) is 3.19. The zero-order valence-electron chi connectivity index (χ0n) is 9.75. The average molecular weight is 232 g/mol. The Morgan fingerprint density at radius 1 is 1.24 bits per heavy atom. The summed E-state index contributed by atoms with van der Waals surface area (Å²) in [7, 11) is 0. The van der Waals surface area contributed by atoms with E-state index >= 15 is 0 Å². The average Bonchev–Trinajstić information content (AvgIpc) is 2.81. The summed E-state index contributed by atoms with van der Waals surface area (Å²) in [5.74, 6) is 0. The highest BCUT2D eigenvalue weighted by atomic mass is 16.5. The molecule has 0 amide bonds. The van der Waals surface area contributed by atoms with Crippen molar-refractivity contribution in [1.82, 2.24) is 19.4 Å². The quantitative estimate of drug-likeness (QED) is 0.783. The molecule has 1 saturated heterocycles. The fraction of sp³-hybridized carbons (Fsp3) is 0.500. The van der Waals surface area contributed by atoms with Gasteiger partial charge in [-0.05, 0) is 6.07 Å². The molecule has 0 aromatic carbocycles. The molecule has 3 heterocycles. The van der Waals surface area contributed by atoms with Crippen LogP contribution in [0.1, 0.15) is 0 Å². The molecule has 90 valence electrons. The van der Waals surface area contributed by atoms with Gasteiger partial charge in [0.25, 0.3) is 0 Å². The predicted molar refractivity (Wildman–Crippen MR) is 64.8 cm³/mol. The maximum Gasteiger partial charge on any atom is 0.143 e. The number of rotatable bonds is 3. The summed E-state index contributed by atoms with van der Waals surface area (Å²) in [5.41, 5.74) is 1.02. The Hall–Kier alpha value is -1.46. The topological polar surface area (TPSA) is 43.2 Å². The Balaban J connectivity index is 1.68. The predicted octanol–water partition coefficient (Wildman–Crippen LogP) is 0.764. The van der Waals surface area contributed by atoms with E-state index in [0.29, 0.717) is 0 Å². The van der Waals surface area contributed by atoms with Gasteiger partial charge in [0.05, 0.1) is 13.2 Å². The monoisotopic (exact) mass is 232 g/mol. The molecule has 0 saturated carbocycles. The van der Waals surface area contributed by atoms with Crippen molar-refractivity contribution in [3.63, 3.8) is 0 Å². The molecule has 5 nitrogen and oxygen atoms in total. The van der Waals surface area contributed by atoms with Crippen molar-refractivity contribution in [1.29, 1.82) is 0 Å². The molecular formula is C12H16N4O. The van der Waals surface area contributed by atoms with E-state index in [9.17, 15) is 0 Å². The van der Waals surface area contributed by atoms with Crippen LogP contribution in [0.3, 0.4) is 0 Å². The van der Waals surface area contributed by atoms with Crippen LogP contribution in [0.25, 0.3) is 11.0 Å². The van der Waals surface area contributed by atoms with Gasteiger partial charge in [0.15, 0.2) is 0 Å². The third kappa shape index (κ3) is 2.30. The van der Waals surface area contributed by atoms with E-state index in [2.05, 4.69) is 31.7 Å². The van der Waals surface area contributed by atoms with Crippen LogP contribution >= 0.6 is 0 Å². The van der Waals surface area contributed by atoms with Crippen molar-refractivity contribution in [2.75, 3.05) is 32.8 Å². The molecule has 0 bridgehead atoms. The molecule has 1 aliphatic rings. The zero-order valence-corrected chi connectivity index (χ0v) is 9.75. The summed E-state index contributed by atoms with van der Waals surface area (Å²) in [4.78, 5) is 10.8. The maximum absolute atomic E-state index is 5.34. The minimum atomic E-state index is 0.856. The number of ether oxygens (including phenoxy) is 1. The molecule has 0 radical (unpaired) electrons. The van der Waals surface area contributed by atoms with Crippen molar-refractivity contribution < 1.29 is 4.74 Å². The van der Waals surface area contributed by atoms with Crippen molar-refractivity contribution >= 4 is 11.0 Å². The van der Waals surface area contributed by atoms with Gasteiger partial charge in [-0.25, -0.2) is 9.97 Å². The van der Waals surface area contributed by atoms with Gasteiger partial charge < -0.3 is 9.30 Å². The third-order valence-electron chi connectivity index (χ3n) is 3.19. The molecule has 2 aromatic rings. The molecule has 0 spiro atoms. The Labute approximate surface area is 100 Å². The highest BCUT2D eigenvalue weighted by Crippen LogP contribution is 2.11. The molecule has 1 aliphatic heterocycles. The molecule has 0 aliphatic carbocycles. The largest absolute Gasteiger partial charge is 0.379 e. The number of hydrogen-bond acceptors (Lipinski definition) is 4. The minimum absolute atomic E-state index is 0.856. The van der Waals surface area contributed by atoms with Gasteiger partial charge in [0.1, 0.15) is 12.0 Å². The fourth-order valence-corrected chi connectivity index (χ4v) is 2.19. The summed E-state index contributed by atoms with van der Waals surface area (Å²) < 4.78 is 7.52. The first-order valence-electron chi connectivity index (χ1n) is 5.98. The van der Waals surface area contributed by atoms with Crippen molar-refractivity contribution in [3.05, 3.63) is 24.8 Å². The number of fused-ring (bicyclic) bond motifs is 1. The van der Waals surface area contributed by atoms with Crippen LogP contribution in [0.15, 0.2) is 24.8 Å². The van der Waals surface area contributed by atoms with Gasteiger partial charge in [0, 0.05) is 44.0 Å². The Kier molecular flexibility index (Phi) is 3.02. The first-order valence-corrected chi connectivity index (χ1v) is 5.98. The summed E-state index contributed by atoms with van der Waals surface area (Å²) in [5, 5.41) is 1.11. The number of aromatic nitrogens is 3. The highest BCUT2D eigenvalue weighted by molar-refractivity contribution is 5.74. The fourth-order valence-electron chi connectivity index (χ4n) is 2.19. The lowest BCUT2D eigenvalue weighted by atomic mass is 10.4. The van der Waals surface area contributed by atoms with Crippen molar-refractivity contribution in [3.8, 4) is 0 Å². The molecule has 0 unspecified atom stereocenters. The second kappa shape index (κ2) is 4.81. The highest BCUT2D eigenvalue weighted by Gasteiger charge is 2.10. The van der Waals surface area contributed by atoms with Crippen LogP contribution in [0.2, 0.25) is 0 Å². The number of morpholine rings is 1. The zero-order chi connectivity index (χ0) is 11.5. The van der Waals surface area contributed by atoms with E-state index in [1.807, 2.05) is 6.20 Å². The Morgan fingerprint density at radius 3 is 3.00 bits per heavy atom. The number of nitrogens with zero attached hydrogens (tertiary/aromatic N) is 4. The Morgan fingerprint density at radius 2 is 2.12 bits per heavy atom. The second-order valence-corrected chi connectivity index (χ2v) is 4.26. The van der Waals surface area contributed by atoms with Crippen LogP contribution in [0, 0.1) is 0 Å². The van der Waals surface area contributed by atoms with Crippen molar-refractivity contribution in [2.45, 2.75) is 6.54 Å². The standard InChI is InChI=1S/C12H16N4O/c1-2-16(12-11(1)9-13-10-14-12)4-3-15-5-7-17-8-6-15/h1-2,9-10H,3-8H2. The van der Waals surface area contributed by atoms with Gasteiger partial charge in [-0.15, -0.1) is 0 Å². The molecule has 3 rings (SSSR count). The first kappa shape index (κ1) is 10.7. The number of hydrogen-bond donors (Lipinski definition) is 0. The molecule has 0 atom stereocenters. The van der Waals surface area contributed by atoms with Gasteiger partial charge in [0.2, 0.25) is 0 Å². The summed E-state index contributed by atoms with van der Waals surface area (Å²) in [6.45, 7) is 5.81. The van der Waals surface area contributed by atoms with E-state index < -0.39 is 0 Å². The summed E-state index contributed by atoms with van der Waals surface area (Å²) >= 11 is 0. The van der Waals surface area contributed by atoms with Crippen LogP contribution < -0.4 is 0 Å².